The number of rotatable bonds is 7. The van der Waals surface area contributed by atoms with Crippen LogP contribution in [-0.2, 0) is 16.4 Å². The van der Waals surface area contributed by atoms with Gasteiger partial charge in [-0.1, -0.05) is 12.1 Å². The van der Waals surface area contributed by atoms with Gasteiger partial charge in [0.05, 0.1) is 10.5 Å². The summed E-state index contributed by atoms with van der Waals surface area (Å²) < 4.78 is 22.5. The van der Waals surface area contributed by atoms with Gasteiger partial charge in [0.25, 0.3) is 5.91 Å². The molecule has 28 heavy (non-hydrogen) atoms. The van der Waals surface area contributed by atoms with Crippen LogP contribution in [0.2, 0.25) is 0 Å². The molecule has 0 bridgehead atoms. The molecule has 0 spiro atoms. The summed E-state index contributed by atoms with van der Waals surface area (Å²) in [6.07, 6.45) is 3.71. The van der Waals surface area contributed by atoms with E-state index in [-0.39, 0.29) is 10.8 Å². The zero-order valence-electron chi connectivity index (χ0n) is 14.7. The summed E-state index contributed by atoms with van der Waals surface area (Å²) in [4.78, 5) is 16.0. The number of aromatic nitrogens is 3. The Balaban J connectivity index is 1.50. The van der Waals surface area contributed by atoms with Crippen molar-refractivity contribution in [2.75, 3.05) is 17.2 Å². The van der Waals surface area contributed by atoms with E-state index in [1.165, 1.54) is 18.3 Å². The van der Waals surface area contributed by atoms with Gasteiger partial charge in [0.1, 0.15) is 5.82 Å². The van der Waals surface area contributed by atoms with Gasteiger partial charge in [0.15, 0.2) is 5.82 Å². The summed E-state index contributed by atoms with van der Waals surface area (Å²) in [6, 6.07) is 13.1. The first-order chi connectivity index (χ1) is 13.4. The predicted molar refractivity (Wildman–Crippen MR) is 104 cm³/mol. The first kappa shape index (κ1) is 19.4. The third kappa shape index (κ3) is 5.32. The number of carbonyl (C=O) groups excluding carboxylic acids is 1. The molecule has 144 valence electrons. The van der Waals surface area contributed by atoms with Crippen LogP contribution in [0, 0.1) is 0 Å². The van der Waals surface area contributed by atoms with E-state index in [1.807, 2.05) is 0 Å². The van der Waals surface area contributed by atoms with Crippen molar-refractivity contribution in [1.82, 2.24) is 15.2 Å². The largest absolute Gasteiger partial charge is 0.368 e. The molecular weight excluding hydrogens is 380 g/mol. The molecule has 2 heterocycles. The Morgan fingerprint density at radius 1 is 1.00 bits per heavy atom. The Bertz CT molecular complexity index is 1040. The summed E-state index contributed by atoms with van der Waals surface area (Å²) in [5, 5.41) is 18.8. The highest BCUT2D eigenvalue weighted by molar-refractivity contribution is 7.89. The normalized spacial score (nSPS) is 11.0. The highest BCUT2D eigenvalue weighted by Gasteiger charge is 2.08. The molecule has 4 N–H and O–H groups in total. The molecule has 0 fully saturated rings. The Hall–Kier alpha value is -3.37. The monoisotopic (exact) mass is 398 g/mol. The second-order valence-corrected chi connectivity index (χ2v) is 7.43. The van der Waals surface area contributed by atoms with E-state index < -0.39 is 10.0 Å². The van der Waals surface area contributed by atoms with Gasteiger partial charge >= 0.3 is 0 Å². The molecular formula is C18H18N6O3S. The third-order valence-corrected chi connectivity index (χ3v) is 4.73. The summed E-state index contributed by atoms with van der Waals surface area (Å²) >= 11 is 0. The third-order valence-electron chi connectivity index (χ3n) is 3.80. The van der Waals surface area contributed by atoms with Gasteiger partial charge < -0.3 is 10.6 Å². The fourth-order valence-corrected chi connectivity index (χ4v) is 2.87. The predicted octanol–water partition coefficient (Wildman–Crippen LogP) is 1.43. The summed E-state index contributed by atoms with van der Waals surface area (Å²) in [6.45, 7) is 0.574. The zero-order valence-corrected chi connectivity index (χ0v) is 15.6. The number of sulfonamides is 1. The number of nitrogens with two attached hydrogens (primary N) is 1. The number of nitrogens with zero attached hydrogens (tertiary/aromatic N) is 3. The molecule has 0 aliphatic carbocycles. The average Bonchev–Trinajstić information content (AvgIpc) is 2.70. The van der Waals surface area contributed by atoms with Crippen LogP contribution in [0.3, 0.4) is 0 Å². The number of benzene rings is 1. The minimum Gasteiger partial charge on any atom is -0.368 e. The number of pyridine rings is 1. The van der Waals surface area contributed by atoms with Gasteiger partial charge in [0, 0.05) is 18.9 Å². The van der Waals surface area contributed by atoms with Crippen LogP contribution in [0.1, 0.15) is 15.9 Å². The highest BCUT2D eigenvalue weighted by atomic mass is 32.2. The second-order valence-electron chi connectivity index (χ2n) is 5.87. The zero-order chi connectivity index (χ0) is 20.0. The molecule has 0 aliphatic heterocycles. The molecule has 3 rings (SSSR count). The topological polar surface area (TPSA) is 140 Å². The van der Waals surface area contributed by atoms with E-state index >= 15 is 0 Å². The fourth-order valence-electron chi connectivity index (χ4n) is 2.36. The van der Waals surface area contributed by atoms with Gasteiger partial charge in [-0.3, -0.25) is 9.78 Å². The molecule has 9 nitrogen and oxygen atoms in total. The Kier molecular flexibility index (Phi) is 5.92. The molecule has 0 aliphatic rings. The van der Waals surface area contributed by atoms with E-state index in [1.54, 1.807) is 42.6 Å². The van der Waals surface area contributed by atoms with Gasteiger partial charge in [0.2, 0.25) is 10.0 Å². The van der Waals surface area contributed by atoms with Gasteiger partial charge in [-0.25, -0.2) is 13.6 Å². The van der Waals surface area contributed by atoms with Crippen molar-refractivity contribution in [3.8, 4) is 0 Å². The van der Waals surface area contributed by atoms with Crippen molar-refractivity contribution < 1.29 is 13.2 Å². The maximum Gasteiger partial charge on any atom is 0.258 e. The van der Waals surface area contributed by atoms with E-state index in [0.29, 0.717) is 30.2 Å². The lowest BCUT2D eigenvalue weighted by Gasteiger charge is -2.07. The average molecular weight is 398 g/mol. The molecule has 0 unspecified atom stereocenters. The standard InChI is InChI=1S/C18H18N6O3S/c19-28(26,27)15-5-3-13(4-6-15)9-11-21-16-7-8-17(24-23-16)22-18(25)14-2-1-10-20-12-14/h1-8,10,12H,9,11H2,(H,21,23)(H2,19,26,27)(H,22,24,25). The molecule has 10 heteroatoms. The molecule has 3 aromatic rings. The molecule has 1 aromatic carbocycles. The van der Waals surface area contributed by atoms with Crippen LogP contribution in [0.15, 0.2) is 65.8 Å². The van der Waals surface area contributed by atoms with E-state index in [9.17, 15) is 13.2 Å². The van der Waals surface area contributed by atoms with Crippen molar-refractivity contribution in [3.63, 3.8) is 0 Å². The lowest BCUT2D eigenvalue weighted by molar-refractivity contribution is 0.102. The highest BCUT2D eigenvalue weighted by Crippen LogP contribution is 2.11. The Morgan fingerprint density at radius 2 is 1.71 bits per heavy atom. The number of primary sulfonamides is 1. The summed E-state index contributed by atoms with van der Waals surface area (Å²) in [5.74, 6) is 0.574. The molecule has 0 atom stereocenters. The van der Waals surface area contributed by atoms with Crippen molar-refractivity contribution in [1.29, 1.82) is 0 Å². The minimum absolute atomic E-state index is 0.0824. The fraction of sp³-hybridized carbons (Fsp3) is 0.111. The van der Waals surface area contributed by atoms with E-state index in [2.05, 4.69) is 25.8 Å². The van der Waals surface area contributed by atoms with Crippen molar-refractivity contribution >= 4 is 27.6 Å². The number of anilines is 2. The van der Waals surface area contributed by atoms with Crippen molar-refractivity contribution in [2.24, 2.45) is 5.14 Å². The molecule has 0 radical (unpaired) electrons. The lowest BCUT2D eigenvalue weighted by atomic mass is 10.1. The SMILES string of the molecule is NS(=O)(=O)c1ccc(CCNc2ccc(NC(=O)c3cccnc3)nn2)cc1. The van der Waals surface area contributed by atoms with Crippen LogP contribution in [0.25, 0.3) is 0 Å². The van der Waals surface area contributed by atoms with Crippen LogP contribution < -0.4 is 15.8 Å². The van der Waals surface area contributed by atoms with Gasteiger partial charge in [-0.2, -0.15) is 0 Å². The summed E-state index contributed by atoms with van der Waals surface area (Å²) in [5.41, 5.74) is 1.38. The van der Waals surface area contributed by atoms with Gasteiger partial charge in [-0.15, -0.1) is 10.2 Å². The quantitative estimate of drug-likeness (QED) is 0.547. The Morgan fingerprint density at radius 3 is 2.32 bits per heavy atom. The van der Waals surface area contributed by atoms with E-state index in [0.717, 1.165) is 5.56 Å². The second kappa shape index (κ2) is 8.55. The molecule has 2 aromatic heterocycles. The molecule has 1 amide bonds. The van der Waals surface area contributed by atoms with Crippen molar-refractivity contribution in [2.45, 2.75) is 11.3 Å². The van der Waals surface area contributed by atoms with Crippen molar-refractivity contribution in [3.05, 3.63) is 72.1 Å². The van der Waals surface area contributed by atoms with Crippen LogP contribution in [0.5, 0.6) is 0 Å². The number of amides is 1. The minimum atomic E-state index is -3.68. The molecule has 0 saturated heterocycles. The number of carbonyl (C=O) groups is 1. The first-order valence-corrected chi connectivity index (χ1v) is 9.87. The number of nitrogens with one attached hydrogen (secondary N) is 2. The lowest BCUT2D eigenvalue weighted by Crippen LogP contribution is -2.14. The summed E-state index contributed by atoms with van der Waals surface area (Å²) in [7, 11) is -3.68. The number of hydrogen-bond donors (Lipinski definition) is 3. The Labute approximate surface area is 162 Å². The first-order valence-electron chi connectivity index (χ1n) is 8.32. The molecule has 0 saturated carbocycles. The maximum atomic E-state index is 12.0. The van der Waals surface area contributed by atoms with Crippen LogP contribution in [0.4, 0.5) is 11.6 Å². The van der Waals surface area contributed by atoms with Crippen LogP contribution in [-0.4, -0.2) is 36.1 Å². The number of hydrogen-bond acceptors (Lipinski definition) is 7. The maximum absolute atomic E-state index is 12.0. The van der Waals surface area contributed by atoms with E-state index in [4.69, 9.17) is 5.14 Å². The smallest absolute Gasteiger partial charge is 0.258 e. The van der Waals surface area contributed by atoms with Gasteiger partial charge in [-0.05, 0) is 48.4 Å². The van der Waals surface area contributed by atoms with Crippen LogP contribution >= 0.6 is 0 Å².